The molecule has 1 aromatic carbocycles. The average molecular weight is 292 g/mol. The molecule has 0 spiro atoms. The molecule has 3 aromatic rings. The van der Waals surface area contributed by atoms with Gasteiger partial charge in [-0.1, -0.05) is 5.16 Å². The lowest BCUT2D eigenvalue weighted by atomic mass is 10.3. The monoisotopic (exact) mass is 291 g/mol. The fraction of sp³-hybridized carbons (Fsp3) is 0.286. The second-order valence-corrected chi connectivity index (χ2v) is 4.78. The summed E-state index contributed by atoms with van der Waals surface area (Å²) in [5, 5.41) is 3.95. The summed E-state index contributed by atoms with van der Waals surface area (Å²) in [6, 6.07) is 7.69. The molecular formula is C14H14ClN3O2. The minimum absolute atomic E-state index is 0.527. The Balaban J connectivity index is 2.08. The molecule has 0 radical (unpaired) electrons. The number of aromatic nitrogens is 3. The van der Waals surface area contributed by atoms with E-state index in [0.29, 0.717) is 18.8 Å². The zero-order valence-electron chi connectivity index (χ0n) is 11.0. The number of methoxy groups -OCH3 is 1. The lowest BCUT2D eigenvalue weighted by Gasteiger charge is -2.06. The molecule has 2 heterocycles. The van der Waals surface area contributed by atoms with Gasteiger partial charge >= 0.3 is 0 Å². The Hall–Kier alpha value is -2.01. The van der Waals surface area contributed by atoms with Crippen molar-refractivity contribution in [1.82, 2.24) is 14.7 Å². The lowest BCUT2D eigenvalue weighted by molar-refractivity contribution is 0.409. The van der Waals surface area contributed by atoms with Crippen molar-refractivity contribution in [3.05, 3.63) is 42.0 Å². The zero-order valence-corrected chi connectivity index (χ0v) is 11.8. The molecule has 0 bridgehead atoms. The van der Waals surface area contributed by atoms with Crippen LogP contribution in [0.4, 0.5) is 0 Å². The zero-order chi connectivity index (χ0) is 13.9. The first-order valence-corrected chi connectivity index (χ1v) is 6.83. The standard InChI is InChI=1S/C14H14ClN3O2/c1-19-11-2-3-13-12(8-11)16-14(4-6-15)18(13)9-10-5-7-20-17-10/h2-3,5,7-8H,4,6,9H2,1H3. The number of nitrogens with zero attached hydrogens (tertiary/aromatic N) is 3. The van der Waals surface area contributed by atoms with Gasteiger partial charge in [-0.2, -0.15) is 0 Å². The highest BCUT2D eigenvalue weighted by atomic mass is 35.5. The third kappa shape index (κ3) is 2.36. The number of rotatable bonds is 5. The van der Waals surface area contributed by atoms with Crippen LogP contribution >= 0.6 is 11.6 Å². The Kier molecular flexibility index (Phi) is 3.60. The first-order chi connectivity index (χ1) is 9.81. The Morgan fingerprint density at radius 1 is 1.35 bits per heavy atom. The number of ether oxygens (including phenoxy) is 1. The van der Waals surface area contributed by atoms with Gasteiger partial charge in [0, 0.05) is 24.4 Å². The van der Waals surface area contributed by atoms with E-state index in [2.05, 4.69) is 14.7 Å². The van der Waals surface area contributed by atoms with Gasteiger partial charge < -0.3 is 13.8 Å². The number of benzene rings is 1. The third-order valence-corrected chi connectivity index (χ3v) is 3.35. The van der Waals surface area contributed by atoms with Gasteiger partial charge in [-0.05, 0) is 12.1 Å². The van der Waals surface area contributed by atoms with Crippen molar-refractivity contribution in [1.29, 1.82) is 0 Å². The number of alkyl halides is 1. The van der Waals surface area contributed by atoms with E-state index in [9.17, 15) is 0 Å². The van der Waals surface area contributed by atoms with Gasteiger partial charge in [-0.25, -0.2) is 4.98 Å². The van der Waals surface area contributed by atoms with Crippen LogP contribution in [0.3, 0.4) is 0 Å². The largest absolute Gasteiger partial charge is 0.497 e. The van der Waals surface area contributed by atoms with Gasteiger partial charge in [0.1, 0.15) is 23.5 Å². The van der Waals surface area contributed by atoms with Gasteiger partial charge in [0.15, 0.2) is 0 Å². The molecular weight excluding hydrogens is 278 g/mol. The molecule has 0 aliphatic heterocycles. The quantitative estimate of drug-likeness (QED) is 0.678. The summed E-state index contributed by atoms with van der Waals surface area (Å²) in [5.41, 5.74) is 2.79. The summed E-state index contributed by atoms with van der Waals surface area (Å²) in [7, 11) is 1.65. The summed E-state index contributed by atoms with van der Waals surface area (Å²) in [6.07, 6.45) is 2.27. The number of halogens is 1. The second kappa shape index (κ2) is 5.54. The molecule has 0 aliphatic rings. The molecule has 20 heavy (non-hydrogen) atoms. The highest BCUT2D eigenvalue weighted by molar-refractivity contribution is 6.17. The van der Waals surface area contributed by atoms with Crippen molar-refractivity contribution in [2.75, 3.05) is 13.0 Å². The molecule has 0 N–H and O–H groups in total. The van der Waals surface area contributed by atoms with E-state index in [0.717, 1.165) is 28.3 Å². The predicted molar refractivity (Wildman–Crippen MR) is 76.3 cm³/mol. The first kappa shape index (κ1) is 13.0. The molecule has 6 heteroatoms. The van der Waals surface area contributed by atoms with E-state index >= 15 is 0 Å². The van der Waals surface area contributed by atoms with Crippen LogP contribution in [0.25, 0.3) is 11.0 Å². The van der Waals surface area contributed by atoms with Crippen LogP contribution in [0, 0.1) is 0 Å². The van der Waals surface area contributed by atoms with Crippen LogP contribution in [-0.2, 0) is 13.0 Å². The Bertz CT molecular complexity index is 707. The van der Waals surface area contributed by atoms with Crippen molar-refractivity contribution in [3.63, 3.8) is 0 Å². The molecule has 0 amide bonds. The molecule has 0 aliphatic carbocycles. The maximum atomic E-state index is 5.86. The number of fused-ring (bicyclic) bond motifs is 1. The van der Waals surface area contributed by atoms with E-state index in [4.69, 9.17) is 20.9 Å². The van der Waals surface area contributed by atoms with Crippen molar-refractivity contribution < 1.29 is 9.26 Å². The molecule has 0 saturated heterocycles. The Morgan fingerprint density at radius 3 is 2.95 bits per heavy atom. The highest BCUT2D eigenvalue weighted by Gasteiger charge is 2.12. The Labute approximate surface area is 121 Å². The van der Waals surface area contributed by atoms with E-state index in [1.54, 1.807) is 13.4 Å². The molecule has 0 fully saturated rings. The fourth-order valence-corrected chi connectivity index (χ4v) is 2.39. The molecule has 0 atom stereocenters. The summed E-state index contributed by atoms with van der Waals surface area (Å²) in [4.78, 5) is 4.63. The van der Waals surface area contributed by atoms with Gasteiger partial charge in [-0.3, -0.25) is 0 Å². The summed E-state index contributed by atoms with van der Waals surface area (Å²) < 4.78 is 12.2. The third-order valence-electron chi connectivity index (χ3n) is 3.16. The van der Waals surface area contributed by atoms with Gasteiger partial charge in [0.25, 0.3) is 0 Å². The molecule has 0 saturated carbocycles. The van der Waals surface area contributed by atoms with Crippen LogP contribution in [0.1, 0.15) is 11.5 Å². The smallest absolute Gasteiger partial charge is 0.124 e. The number of aryl methyl sites for hydroxylation is 1. The number of hydrogen-bond acceptors (Lipinski definition) is 4. The molecule has 3 rings (SSSR count). The molecule has 5 nitrogen and oxygen atoms in total. The van der Waals surface area contributed by atoms with Crippen molar-refractivity contribution in [3.8, 4) is 5.75 Å². The average Bonchev–Trinajstić information content (AvgIpc) is 3.08. The van der Waals surface area contributed by atoms with Crippen molar-refractivity contribution in [2.45, 2.75) is 13.0 Å². The van der Waals surface area contributed by atoms with Crippen LogP contribution in [-0.4, -0.2) is 27.7 Å². The van der Waals surface area contributed by atoms with Gasteiger partial charge in [0.05, 0.1) is 24.7 Å². The minimum atomic E-state index is 0.527. The maximum Gasteiger partial charge on any atom is 0.124 e. The predicted octanol–water partition coefficient (Wildman–Crippen LogP) is 2.86. The minimum Gasteiger partial charge on any atom is -0.497 e. The SMILES string of the molecule is COc1ccc2c(c1)nc(CCCl)n2Cc1ccon1. The maximum absolute atomic E-state index is 5.86. The van der Waals surface area contributed by atoms with Crippen LogP contribution in [0.5, 0.6) is 5.75 Å². The molecule has 2 aromatic heterocycles. The van der Waals surface area contributed by atoms with Crippen molar-refractivity contribution in [2.24, 2.45) is 0 Å². The number of imidazole rings is 1. The van der Waals surface area contributed by atoms with E-state index in [1.165, 1.54) is 0 Å². The summed E-state index contributed by atoms with van der Waals surface area (Å²) in [5.74, 6) is 2.26. The number of hydrogen-bond donors (Lipinski definition) is 0. The second-order valence-electron chi connectivity index (χ2n) is 4.40. The van der Waals surface area contributed by atoms with Crippen LogP contribution < -0.4 is 4.74 Å². The van der Waals surface area contributed by atoms with Crippen LogP contribution in [0.15, 0.2) is 35.1 Å². The van der Waals surface area contributed by atoms with Crippen molar-refractivity contribution >= 4 is 22.6 Å². The molecule has 104 valence electrons. The Morgan fingerprint density at radius 2 is 2.25 bits per heavy atom. The fourth-order valence-electron chi connectivity index (χ4n) is 2.22. The van der Waals surface area contributed by atoms with Crippen LogP contribution in [0.2, 0.25) is 0 Å². The lowest BCUT2D eigenvalue weighted by Crippen LogP contribution is -2.06. The highest BCUT2D eigenvalue weighted by Crippen LogP contribution is 2.23. The summed E-state index contributed by atoms with van der Waals surface area (Å²) >= 11 is 5.86. The van der Waals surface area contributed by atoms with Gasteiger partial charge in [-0.15, -0.1) is 11.6 Å². The van der Waals surface area contributed by atoms with Gasteiger partial charge in [0.2, 0.25) is 0 Å². The summed E-state index contributed by atoms with van der Waals surface area (Å²) in [6.45, 7) is 0.617. The van der Waals surface area contributed by atoms with E-state index in [1.807, 2.05) is 24.3 Å². The normalized spacial score (nSPS) is 11.1. The van der Waals surface area contributed by atoms with E-state index in [-0.39, 0.29) is 0 Å². The first-order valence-electron chi connectivity index (χ1n) is 6.30. The van der Waals surface area contributed by atoms with E-state index < -0.39 is 0 Å². The molecule has 0 unspecified atom stereocenters. The topological polar surface area (TPSA) is 53.1 Å².